The second-order valence-corrected chi connectivity index (χ2v) is 6.44. The van der Waals surface area contributed by atoms with Crippen molar-refractivity contribution in [2.45, 2.75) is 27.1 Å². The van der Waals surface area contributed by atoms with Crippen LogP contribution in [0.2, 0.25) is 5.02 Å². The van der Waals surface area contributed by atoms with E-state index in [1.54, 1.807) is 46.8 Å². The van der Waals surface area contributed by atoms with Crippen LogP contribution in [0.25, 0.3) is 0 Å². The molecule has 3 aromatic heterocycles. The van der Waals surface area contributed by atoms with E-state index in [9.17, 15) is 4.79 Å². The van der Waals surface area contributed by atoms with Crippen LogP contribution in [0, 0.1) is 13.8 Å². The molecule has 0 spiro atoms. The van der Waals surface area contributed by atoms with Crippen LogP contribution in [-0.2, 0) is 20.3 Å². The third-order valence-corrected chi connectivity index (χ3v) is 4.30. The summed E-state index contributed by atoms with van der Waals surface area (Å²) in [5.41, 5.74) is 3.15. The van der Waals surface area contributed by atoms with Gasteiger partial charge in [-0.15, -0.1) is 0 Å². The van der Waals surface area contributed by atoms with E-state index in [1.807, 2.05) is 24.6 Å². The molecule has 0 radical (unpaired) electrons. The van der Waals surface area contributed by atoms with Gasteiger partial charge in [-0.05, 0) is 26.0 Å². The Morgan fingerprint density at radius 2 is 2.08 bits per heavy atom. The van der Waals surface area contributed by atoms with Crippen molar-refractivity contribution in [1.82, 2.24) is 34.2 Å². The van der Waals surface area contributed by atoms with E-state index in [2.05, 4.69) is 15.3 Å². The molecule has 0 bridgehead atoms. The zero-order valence-electron chi connectivity index (χ0n) is 14.6. The van der Waals surface area contributed by atoms with Crippen LogP contribution in [0.1, 0.15) is 27.6 Å². The molecule has 132 valence electrons. The van der Waals surface area contributed by atoms with Crippen molar-refractivity contribution in [3.63, 3.8) is 0 Å². The van der Waals surface area contributed by atoms with Crippen LogP contribution in [0.15, 0.2) is 24.5 Å². The van der Waals surface area contributed by atoms with E-state index in [0.29, 0.717) is 23.9 Å². The first-order chi connectivity index (χ1) is 11.8. The number of nitrogens with zero attached hydrogens (tertiary/aromatic N) is 7. The summed E-state index contributed by atoms with van der Waals surface area (Å²) in [6.45, 7) is 4.75. The molecule has 25 heavy (non-hydrogen) atoms. The number of carbonyl (C=O) groups is 1. The van der Waals surface area contributed by atoms with Crippen molar-refractivity contribution < 1.29 is 4.79 Å². The van der Waals surface area contributed by atoms with E-state index < -0.39 is 0 Å². The predicted molar refractivity (Wildman–Crippen MR) is 93.3 cm³/mol. The zero-order valence-corrected chi connectivity index (χ0v) is 15.4. The number of hydrogen-bond donors (Lipinski definition) is 0. The highest BCUT2D eigenvalue weighted by atomic mass is 35.5. The second-order valence-electron chi connectivity index (χ2n) is 6.03. The first kappa shape index (κ1) is 17.2. The minimum absolute atomic E-state index is 0.176. The third kappa shape index (κ3) is 3.58. The molecule has 3 aromatic rings. The standard InChI is InChI=1S/C16H20ClN7O/c1-11-7-12(2)24(19-11)10-23-6-5-14(20-23)16(25)21(3)9-15-13(17)8-18-22(15)4/h5-8H,9-10H2,1-4H3. The van der Waals surface area contributed by atoms with Gasteiger partial charge in [0.05, 0.1) is 29.2 Å². The first-order valence-electron chi connectivity index (χ1n) is 7.81. The van der Waals surface area contributed by atoms with Gasteiger partial charge in [0.1, 0.15) is 12.4 Å². The molecule has 3 rings (SSSR count). The van der Waals surface area contributed by atoms with Gasteiger partial charge in [-0.3, -0.25) is 14.2 Å². The SMILES string of the molecule is Cc1cc(C)n(Cn2ccc(C(=O)N(C)Cc3c(Cl)cnn3C)n2)n1. The Morgan fingerprint density at radius 1 is 1.32 bits per heavy atom. The minimum Gasteiger partial charge on any atom is -0.334 e. The van der Waals surface area contributed by atoms with Gasteiger partial charge in [0, 0.05) is 26.0 Å². The number of hydrogen-bond acceptors (Lipinski definition) is 4. The van der Waals surface area contributed by atoms with Gasteiger partial charge >= 0.3 is 0 Å². The van der Waals surface area contributed by atoms with Gasteiger partial charge in [-0.1, -0.05) is 11.6 Å². The summed E-state index contributed by atoms with van der Waals surface area (Å²) in [7, 11) is 3.51. The molecule has 9 heteroatoms. The average molecular weight is 362 g/mol. The number of halogens is 1. The minimum atomic E-state index is -0.176. The summed E-state index contributed by atoms with van der Waals surface area (Å²) in [5.74, 6) is -0.176. The monoisotopic (exact) mass is 361 g/mol. The zero-order chi connectivity index (χ0) is 18.1. The van der Waals surface area contributed by atoms with Crippen LogP contribution in [0.3, 0.4) is 0 Å². The van der Waals surface area contributed by atoms with E-state index in [4.69, 9.17) is 11.6 Å². The number of rotatable bonds is 5. The topological polar surface area (TPSA) is 73.8 Å². The molecule has 0 aliphatic carbocycles. The Hall–Kier alpha value is -2.61. The molecule has 8 nitrogen and oxygen atoms in total. The van der Waals surface area contributed by atoms with E-state index >= 15 is 0 Å². The summed E-state index contributed by atoms with van der Waals surface area (Å²) >= 11 is 6.10. The fourth-order valence-electron chi connectivity index (χ4n) is 2.62. The average Bonchev–Trinajstić information content (AvgIpc) is 3.23. The molecule has 0 saturated heterocycles. The van der Waals surface area contributed by atoms with Crippen LogP contribution in [-0.4, -0.2) is 47.2 Å². The van der Waals surface area contributed by atoms with Gasteiger partial charge in [-0.25, -0.2) is 4.68 Å². The lowest BCUT2D eigenvalue weighted by Gasteiger charge is -2.16. The van der Waals surface area contributed by atoms with Crippen LogP contribution >= 0.6 is 11.6 Å². The van der Waals surface area contributed by atoms with Crippen molar-refractivity contribution in [1.29, 1.82) is 0 Å². The highest BCUT2D eigenvalue weighted by molar-refractivity contribution is 6.31. The van der Waals surface area contributed by atoms with Gasteiger partial charge in [0.15, 0.2) is 0 Å². The summed E-state index contributed by atoms with van der Waals surface area (Å²) in [4.78, 5) is 14.2. The van der Waals surface area contributed by atoms with Crippen molar-refractivity contribution in [2.24, 2.45) is 7.05 Å². The summed E-state index contributed by atoms with van der Waals surface area (Å²) in [6, 6.07) is 3.70. The van der Waals surface area contributed by atoms with Gasteiger partial charge in [0.2, 0.25) is 0 Å². The third-order valence-electron chi connectivity index (χ3n) is 3.99. The Bertz CT molecular complexity index is 888. The van der Waals surface area contributed by atoms with E-state index in [0.717, 1.165) is 17.1 Å². The molecule has 0 aliphatic heterocycles. The highest BCUT2D eigenvalue weighted by Crippen LogP contribution is 2.16. The fraction of sp³-hybridized carbons (Fsp3) is 0.375. The maximum Gasteiger partial charge on any atom is 0.274 e. The molecular formula is C16H20ClN7O. The lowest BCUT2D eigenvalue weighted by Crippen LogP contribution is -2.28. The second kappa shape index (κ2) is 6.72. The Morgan fingerprint density at radius 3 is 2.68 bits per heavy atom. The van der Waals surface area contributed by atoms with Crippen molar-refractivity contribution in [3.8, 4) is 0 Å². The molecule has 0 N–H and O–H groups in total. The number of aromatic nitrogens is 6. The Kier molecular flexibility index (Phi) is 4.63. The smallest absolute Gasteiger partial charge is 0.274 e. The lowest BCUT2D eigenvalue weighted by atomic mass is 10.3. The van der Waals surface area contributed by atoms with Gasteiger partial charge in [-0.2, -0.15) is 15.3 Å². The van der Waals surface area contributed by atoms with Crippen LogP contribution in [0.5, 0.6) is 0 Å². The molecule has 0 atom stereocenters. The highest BCUT2D eigenvalue weighted by Gasteiger charge is 2.18. The van der Waals surface area contributed by atoms with Crippen molar-refractivity contribution in [2.75, 3.05) is 7.05 Å². The molecule has 0 unspecified atom stereocenters. The van der Waals surface area contributed by atoms with E-state index in [-0.39, 0.29) is 5.91 Å². The molecule has 0 saturated carbocycles. The van der Waals surface area contributed by atoms with Crippen LogP contribution < -0.4 is 0 Å². The quantitative estimate of drug-likeness (QED) is 0.695. The van der Waals surface area contributed by atoms with Crippen LogP contribution in [0.4, 0.5) is 0 Å². The summed E-state index contributed by atoms with van der Waals surface area (Å²) < 4.78 is 5.20. The number of amides is 1. The number of aryl methyl sites for hydroxylation is 3. The molecular weight excluding hydrogens is 342 g/mol. The molecule has 3 heterocycles. The van der Waals surface area contributed by atoms with Gasteiger partial charge in [0.25, 0.3) is 5.91 Å². The fourth-order valence-corrected chi connectivity index (χ4v) is 2.84. The largest absolute Gasteiger partial charge is 0.334 e. The molecule has 0 fully saturated rings. The molecule has 0 aliphatic rings. The first-order valence-corrected chi connectivity index (χ1v) is 8.19. The predicted octanol–water partition coefficient (Wildman–Crippen LogP) is 1.86. The number of carbonyl (C=O) groups excluding carboxylic acids is 1. The molecule has 0 aromatic carbocycles. The summed E-state index contributed by atoms with van der Waals surface area (Å²) in [5, 5.41) is 13.4. The Labute approximate surface area is 150 Å². The van der Waals surface area contributed by atoms with Crippen molar-refractivity contribution >= 4 is 17.5 Å². The maximum absolute atomic E-state index is 12.6. The lowest BCUT2D eigenvalue weighted by molar-refractivity contribution is 0.0775. The van der Waals surface area contributed by atoms with Gasteiger partial charge < -0.3 is 4.90 Å². The molecule has 1 amide bonds. The maximum atomic E-state index is 12.6. The Balaban J connectivity index is 1.70. The normalized spacial score (nSPS) is 11.1. The van der Waals surface area contributed by atoms with Crippen molar-refractivity contribution in [3.05, 3.63) is 52.3 Å². The van der Waals surface area contributed by atoms with E-state index in [1.165, 1.54) is 0 Å². The summed E-state index contributed by atoms with van der Waals surface area (Å²) in [6.07, 6.45) is 3.34.